The van der Waals surface area contributed by atoms with Crippen molar-refractivity contribution in [3.05, 3.63) is 0 Å². The lowest BCUT2D eigenvalue weighted by Gasteiger charge is -2.29. The molecule has 98 valence electrons. The summed E-state index contributed by atoms with van der Waals surface area (Å²) in [5.74, 6) is 0.778. The topological polar surface area (TPSA) is 44.9 Å². The Hall–Kier alpha value is -0.770. The van der Waals surface area contributed by atoms with Crippen LogP contribution in [0.15, 0.2) is 4.99 Å². The second kappa shape index (κ2) is 5.71. The SMILES string of the molecule is CC1CN(C)CCCN1C(N)=NC1CCCC1. The molecule has 2 fully saturated rings. The number of likely N-dealkylation sites (N-methyl/N-ethyl adjacent to an activating group) is 1. The van der Waals surface area contributed by atoms with Crippen LogP contribution >= 0.6 is 0 Å². The standard InChI is InChI=1S/C13H26N4/c1-11-10-16(2)8-5-9-17(11)13(14)15-12-6-3-4-7-12/h11-12H,3-10H2,1-2H3,(H2,14,15). The lowest BCUT2D eigenvalue weighted by molar-refractivity contribution is 0.283. The summed E-state index contributed by atoms with van der Waals surface area (Å²) in [5, 5.41) is 0. The summed E-state index contributed by atoms with van der Waals surface area (Å²) in [6.45, 7) is 5.55. The third kappa shape index (κ3) is 3.35. The van der Waals surface area contributed by atoms with Crippen LogP contribution in [0.5, 0.6) is 0 Å². The lowest BCUT2D eigenvalue weighted by Crippen LogP contribution is -2.46. The van der Waals surface area contributed by atoms with Crippen molar-refractivity contribution in [1.29, 1.82) is 0 Å². The van der Waals surface area contributed by atoms with E-state index in [2.05, 4.69) is 23.8 Å². The van der Waals surface area contributed by atoms with E-state index in [4.69, 9.17) is 10.7 Å². The van der Waals surface area contributed by atoms with E-state index in [1.54, 1.807) is 0 Å². The molecule has 4 heteroatoms. The summed E-state index contributed by atoms with van der Waals surface area (Å²) >= 11 is 0. The van der Waals surface area contributed by atoms with Gasteiger partial charge in [-0.25, -0.2) is 4.99 Å². The molecule has 1 aliphatic heterocycles. The molecule has 1 saturated heterocycles. The van der Waals surface area contributed by atoms with Gasteiger partial charge >= 0.3 is 0 Å². The van der Waals surface area contributed by atoms with E-state index in [9.17, 15) is 0 Å². The average molecular weight is 238 g/mol. The Kier molecular flexibility index (Phi) is 4.26. The predicted molar refractivity (Wildman–Crippen MR) is 72.2 cm³/mol. The quantitative estimate of drug-likeness (QED) is 0.553. The van der Waals surface area contributed by atoms with Gasteiger partial charge in [0.05, 0.1) is 6.04 Å². The summed E-state index contributed by atoms with van der Waals surface area (Å²) in [7, 11) is 2.18. The van der Waals surface area contributed by atoms with Crippen molar-refractivity contribution in [2.75, 3.05) is 26.7 Å². The second-order valence-electron chi connectivity index (χ2n) is 5.58. The first-order valence-corrected chi connectivity index (χ1v) is 6.95. The van der Waals surface area contributed by atoms with Gasteiger partial charge in [-0.2, -0.15) is 0 Å². The highest BCUT2D eigenvalue weighted by Gasteiger charge is 2.22. The van der Waals surface area contributed by atoms with Crippen LogP contribution < -0.4 is 5.73 Å². The van der Waals surface area contributed by atoms with Crippen molar-refractivity contribution in [2.45, 2.75) is 51.1 Å². The number of nitrogens with zero attached hydrogens (tertiary/aromatic N) is 3. The third-order valence-electron chi connectivity index (χ3n) is 3.98. The van der Waals surface area contributed by atoms with E-state index < -0.39 is 0 Å². The highest BCUT2D eigenvalue weighted by atomic mass is 15.3. The Morgan fingerprint density at radius 1 is 1.18 bits per heavy atom. The molecule has 2 N–H and O–H groups in total. The fourth-order valence-corrected chi connectivity index (χ4v) is 3.01. The third-order valence-corrected chi connectivity index (χ3v) is 3.98. The first-order chi connectivity index (χ1) is 8.16. The van der Waals surface area contributed by atoms with Crippen molar-refractivity contribution in [3.63, 3.8) is 0 Å². The number of guanidine groups is 1. The van der Waals surface area contributed by atoms with Crippen LogP contribution in [0.4, 0.5) is 0 Å². The largest absolute Gasteiger partial charge is 0.370 e. The van der Waals surface area contributed by atoms with Gasteiger partial charge in [0, 0.05) is 19.1 Å². The molecule has 0 spiro atoms. The van der Waals surface area contributed by atoms with Gasteiger partial charge in [-0.05, 0) is 39.8 Å². The van der Waals surface area contributed by atoms with E-state index in [-0.39, 0.29) is 0 Å². The minimum Gasteiger partial charge on any atom is -0.370 e. The Labute approximate surface area is 105 Å². The van der Waals surface area contributed by atoms with E-state index in [1.165, 1.54) is 32.1 Å². The predicted octanol–water partition coefficient (Wildman–Crippen LogP) is 1.27. The van der Waals surface area contributed by atoms with E-state index >= 15 is 0 Å². The Balaban J connectivity index is 1.98. The van der Waals surface area contributed by atoms with E-state index in [0.717, 1.165) is 25.6 Å². The summed E-state index contributed by atoms with van der Waals surface area (Å²) < 4.78 is 0. The van der Waals surface area contributed by atoms with Crippen molar-refractivity contribution in [2.24, 2.45) is 10.7 Å². The van der Waals surface area contributed by atoms with Crippen molar-refractivity contribution in [3.8, 4) is 0 Å². The van der Waals surface area contributed by atoms with Crippen molar-refractivity contribution < 1.29 is 0 Å². The lowest BCUT2D eigenvalue weighted by atomic mass is 10.2. The molecule has 1 atom stereocenters. The number of nitrogens with two attached hydrogens (primary N) is 1. The van der Waals surface area contributed by atoms with Gasteiger partial charge < -0.3 is 15.5 Å². The fourth-order valence-electron chi connectivity index (χ4n) is 3.01. The zero-order valence-corrected chi connectivity index (χ0v) is 11.2. The van der Waals surface area contributed by atoms with Gasteiger partial charge in [-0.3, -0.25) is 0 Å². The van der Waals surface area contributed by atoms with Crippen LogP contribution in [-0.4, -0.2) is 54.5 Å². The van der Waals surface area contributed by atoms with Gasteiger partial charge in [0.25, 0.3) is 0 Å². The van der Waals surface area contributed by atoms with Gasteiger partial charge in [0.15, 0.2) is 5.96 Å². The molecule has 0 radical (unpaired) electrons. The van der Waals surface area contributed by atoms with Crippen LogP contribution in [0.1, 0.15) is 39.0 Å². The maximum absolute atomic E-state index is 6.19. The smallest absolute Gasteiger partial charge is 0.191 e. The minimum atomic E-state index is 0.479. The normalized spacial score (nSPS) is 29.6. The molecule has 1 aliphatic carbocycles. The molecular formula is C13H26N4. The van der Waals surface area contributed by atoms with Gasteiger partial charge in [-0.15, -0.1) is 0 Å². The summed E-state index contributed by atoms with van der Waals surface area (Å²) in [5.41, 5.74) is 6.19. The molecule has 1 heterocycles. The number of hydrogen-bond acceptors (Lipinski definition) is 2. The molecule has 4 nitrogen and oxygen atoms in total. The van der Waals surface area contributed by atoms with Crippen molar-refractivity contribution in [1.82, 2.24) is 9.80 Å². The molecule has 0 bridgehead atoms. The minimum absolute atomic E-state index is 0.479. The van der Waals surface area contributed by atoms with Crippen LogP contribution in [-0.2, 0) is 0 Å². The second-order valence-corrected chi connectivity index (χ2v) is 5.58. The van der Waals surface area contributed by atoms with Gasteiger partial charge in [-0.1, -0.05) is 12.8 Å². The van der Waals surface area contributed by atoms with Crippen LogP contribution in [0.3, 0.4) is 0 Å². The molecular weight excluding hydrogens is 212 g/mol. The number of aliphatic imine (C=N–C) groups is 1. The fraction of sp³-hybridized carbons (Fsp3) is 0.923. The molecule has 2 aliphatic rings. The molecule has 17 heavy (non-hydrogen) atoms. The molecule has 2 rings (SSSR count). The Morgan fingerprint density at radius 2 is 1.88 bits per heavy atom. The van der Waals surface area contributed by atoms with Crippen molar-refractivity contribution >= 4 is 5.96 Å². The monoisotopic (exact) mass is 238 g/mol. The number of rotatable bonds is 1. The first-order valence-electron chi connectivity index (χ1n) is 6.95. The first kappa shape index (κ1) is 12.7. The highest BCUT2D eigenvalue weighted by Crippen LogP contribution is 2.21. The highest BCUT2D eigenvalue weighted by molar-refractivity contribution is 5.78. The maximum Gasteiger partial charge on any atom is 0.191 e. The Morgan fingerprint density at radius 3 is 2.59 bits per heavy atom. The summed E-state index contributed by atoms with van der Waals surface area (Å²) in [6.07, 6.45) is 6.27. The molecule has 0 aromatic heterocycles. The van der Waals surface area contributed by atoms with Crippen LogP contribution in [0.2, 0.25) is 0 Å². The van der Waals surface area contributed by atoms with Crippen LogP contribution in [0.25, 0.3) is 0 Å². The summed E-state index contributed by atoms with van der Waals surface area (Å²) in [4.78, 5) is 9.39. The molecule has 0 aromatic rings. The van der Waals surface area contributed by atoms with E-state index in [1.807, 2.05) is 0 Å². The maximum atomic E-state index is 6.19. The molecule has 1 unspecified atom stereocenters. The number of hydrogen-bond donors (Lipinski definition) is 1. The van der Waals surface area contributed by atoms with Crippen LogP contribution in [0, 0.1) is 0 Å². The molecule has 0 amide bonds. The summed E-state index contributed by atoms with van der Waals surface area (Å²) in [6, 6.07) is 0.968. The zero-order valence-electron chi connectivity index (χ0n) is 11.2. The van der Waals surface area contributed by atoms with Gasteiger partial charge in [0.1, 0.15) is 0 Å². The molecule has 0 aromatic carbocycles. The zero-order chi connectivity index (χ0) is 12.3. The Bertz CT molecular complexity index is 271. The molecule has 1 saturated carbocycles. The van der Waals surface area contributed by atoms with E-state index in [0.29, 0.717) is 12.1 Å². The average Bonchev–Trinajstić information content (AvgIpc) is 2.70. The van der Waals surface area contributed by atoms with Gasteiger partial charge in [0.2, 0.25) is 0 Å².